The van der Waals surface area contributed by atoms with Gasteiger partial charge >= 0.3 is 12.2 Å². The molecule has 0 aliphatic rings. The standard InChI is InChI=1S/C24H37N5O5S3/c1-23(2,3)33-21(31)26-11-15(12-27-22(32)34-24(4,5)6)19-29-17(14-36-19)20-28-16(13-37-20)18(30)25-9-8-10-35-7/h13-15H,8-12H2,1-7H3,(H,25,30)(H,26,31)(H,27,32). The number of ether oxygens (including phenoxy) is 2. The van der Waals surface area contributed by atoms with E-state index in [1.54, 1.807) is 58.7 Å². The SMILES string of the molecule is CSCCCNC(=O)c1csc(-c2csc(C(CNC(=O)OC(C)(C)C)CNC(=O)OC(C)(C)C)n2)n1. The second kappa shape index (κ2) is 14.0. The van der Waals surface area contributed by atoms with E-state index in [1.165, 1.54) is 22.7 Å². The van der Waals surface area contributed by atoms with Crippen LogP contribution in [0.2, 0.25) is 0 Å². The van der Waals surface area contributed by atoms with Crippen LogP contribution in [0.4, 0.5) is 9.59 Å². The van der Waals surface area contributed by atoms with Crippen molar-refractivity contribution in [3.8, 4) is 10.7 Å². The highest BCUT2D eigenvalue weighted by molar-refractivity contribution is 7.98. The average Bonchev–Trinajstić information content (AvgIpc) is 3.44. The van der Waals surface area contributed by atoms with E-state index in [4.69, 9.17) is 14.5 Å². The van der Waals surface area contributed by atoms with Crippen LogP contribution in [0.1, 0.15) is 69.4 Å². The van der Waals surface area contributed by atoms with Gasteiger partial charge in [0, 0.05) is 36.3 Å². The Morgan fingerprint density at radius 3 is 2.05 bits per heavy atom. The van der Waals surface area contributed by atoms with Crippen LogP contribution in [-0.2, 0) is 9.47 Å². The molecule has 13 heteroatoms. The maximum absolute atomic E-state index is 12.4. The summed E-state index contributed by atoms with van der Waals surface area (Å²) in [7, 11) is 0. The number of nitrogens with one attached hydrogen (secondary N) is 3. The lowest BCUT2D eigenvalue weighted by atomic mass is 10.1. The summed E-state index contributed by atoms with van der Waals surface area (Å²) in [4.78, 5) is 45.9. The summed E-state index contributed by atoms with van der Waals surface area (Å²) in [6, 6.07) is 0. The molecule has 0 bridgehead atoms. The predicted molar refractivity (Wildman–Crippen MR) is 150 cm³/mol. The van der Waals surface area contributed by atoms with Crippen molar-refractivity contribution < 1.29 is 23.9 Å². The Labute approximate surface area is 230 Å². The molecule has 0 aliphatic carbocycles. The lowest BCUT2D eigenvalue weighted by molar-refractivity contribution is 0.0518. The Kier molecular flexibility index (Phi) is 11.6. The Bertz CT molecular complexity index is 1010. The molecule has 0 radical (unpaired) electrons. The summed E-state index contributed by atoms with van der Waals surface area (Å²) in [5.41, 5.74) is -0.279. The van der Waals surface area contributed by atoms with Crippen LogP contribution in [0.5, 0.6) is 0 Å². The van der Waals surface area contributed by atoms with E-state index < -0.39 is 23.4 Å². The zero-order valence-corrected chi connectivity index (χ0v) is 24.9. The monoisotopic (exact) mass is 571 g/mol. The van der Waals surface area contributed by atoms with Crippen LogP contribution < -0.4 is 16.0 Å². The number of thioether (sulfide) groups is 1. The molecule has 2 heterocycles. The Morgan fingerprint density at radius 2 is 1.51 bits per heavy atom. The summed E-state index contributed by atoms with van der Waals surface area (Å²) in [6.45, 7) is 11.7. The van der Waals surface area contributed by atoms with Crippen molar-refractivity contribution in [1.82, 2.24) is 25.9 Å². The third-order valence-electron chi connectivity index (χ3n) is 4.42. The number of aromatic nitrogens is 2. The molecule has 0 aliphatic heterocycles. The molecule has 0 saturated heterocycles. The molecule has 206 valence electrons. The molecule has 3 amide bonds. The number of carbonyl (C=O) groups is 3. The normalized spacial score (nSPS) is 11.8. The lowest BCUT2D eigenvalue weighted by Crippen LogP contribution is -2.39. The van der Waals surface area contributed by atoms with Crippen molar-refractivity contribution in [2.45, 2.75) is 65.1 Å². The highest BCUT2D eigenvalue weighted by Crippen LogP contribution is 2.29. The van der Waals surface area contributed by atoms with Gasteiger partial charge in [0.2, 0.25) is 0 Å². The largest absolute Gasteiger partial charge is 0.444 e. The van der Waals surface area contributed by atoms with Gasteiger partial charge in [-0.1, -0.05) is 0 Å². The van der Waals surface area contributed by atoms with Crippen LogP contribution in [0, 0.1) is 0 Å². The molecule has 10 nitrogen and oxygen atoms in total. The number of hydrogen-bond donors (Lipinski definition) is 3. The molecule has 3 N–H and O–H groups in total. The topological polar surface area (TPSA) is 132 Å². The highest BCUT2D eigenvalue weighted by atomic mass is 32.2. The number of nitrogens with zero attached hydrogens (tertiary/aromatic N) is 2. The van der Waals surface area contributed by atoms with Crippen molar-refractivity contribution in [3.63, 3.8) is 0 Å². The van der Waals surface area contributed by atoms with Crippen molar-refractivity contribution >= 4 is 52.5 Å². The van der Waals surface area contributed by atoms with Crippen molar-refractivity contribution in [3.05, 3.63) is 21.5 Å². The van der Waals surface area contributed by atoms with Gasteiger partial charge < -0.3 is 25.4 Å². The summed E-state index contributed by atoms with van der Waals surface area (Å²) >= 11 is 4.46. The number of thiazole rings is 2. The van der Waals surface area contributed by atoms with Gasteiger partial charge in [0.15, 0.2) is 0 Å². The van der Waals surface area contributed by atoms with Gasteiger partial charge in [0.05, 0.1) is 5.01 Å². The van der Waals surface area contributed by atoms with Gasteiger partial charge in [-0.25, -0.2) is 19.6 Å². The number of alkyl carbamates (subject to hydrolysis) is 2. The summed E-state index contributed by atoms with van der Waals surface area (Å²) in [5, 5.41) is 13.3. The molecule has 0 saturated carbocycles. The van der Waals surface area contributed by atoms with Crippen LogP contribution in [0.25, 0.3) is 10.7 Å². The fraction of sp³-hybridized carbons (Fsp3) is 0.625. The second-order valence-corrected chi connectivity index (χ2v) is 12.9. The lowest BCUT2D eigenvalue weighted by Gasteiger charge is -2.23. The summed E-state index contributed by atoms with van der Waals surface area (Å²) in [5.74, 6) is 0.440. The minimum Gasteiger partial charge on any atom is -0.444 e. The smallest absolute Gasteiger partial charge is 0.407 e. The highest BCUT2D eigenvalue weighted by Gasteiger charge is 2.23. The molecule has 2 aromatic rings. The van der Waals surface area contributed by atoms with Crippen molar-refractivity contribution in [2.75, 3.05) is 31.6 Å². The van der Waals surface area contributed by atoms with Gasteiger partial charge in [-0.2, -0.15) is 11.8 Å². The van der Waals surface area contributed by atoms with E-state index in [2.05, 4.69) is 20.9 Å². The van der Waals surface area contributed by atoms with E-state index in [-0.39, 0.29) is 24.9 Å². The molecule has 0 fully saturated rings. The Balaban J connectivity index is 2.10. The first-order valence-electron chi connectivity index (χ1n) is 11.9. The quantitative estimate of drug-likeness (QED) is 0.325. The molecule has 0 spiro atoms. The number of amides is 3. The minimum atomic E-state index is -0.632. The number of rotatable bonds is 11. The summed E-state index contributed by atoms with van der Waals surface area (Å²) < 4.78 is 10.7. The predicted octanol–water partition coefficient (Wildman–Crippen LogP) is 4.88. The average molecular weight is 572 g/mol. The number of hydrogen-bond acceptors (Lipinski definition) is 10. The maximum Gasteiger partial charge on any atom is 0.407 e. The fourth-order valence-corrected chi connectivity index (χ4v) is 5.04. The van der Waals surface area contributed by atoms with E-state index in [0.717, 1.165) is 12.2 Å². The molecular weight excluding hydrogens is 534 g/mol. The molecule has 37 heavy (non-hydrogen) atoms. The Hall–Kier alpha value is -2.38. The van der Waals surface area contributed by atoms with Crippen molar-refractivity contribution in [1.29, 1.82) is 0 Å². The molecule has 2 aromatic heterocycles. The van der Waals surface area contributed by atoms with Gasteiger partial charge in [-0.05, 0) is 60.0 Å². The molecule has 2 rings (SSSR count). The minimum absolute atomic E-state index is 0.194. The second-order valence-electron chi connectivity index (χ2n) is 10.2. The van der Waals surface area contributed by atoms with E-state index in [9.17, 15) is 14.4 Å². The first kappa shape index (κ1) is 30.8. The molecule has 0 unspecified atom stereocenters. The van der Waals surface area contributed by atoms with Gasteiger partial charge in [0.25, 0.3) is 5.91 Å². The third-order valence-corrected chi connectivity index (χ3v) is 6.99. The number of carbonyl (C=O) groups excluding carboxylic acids is 3. The molecular formula is C24H37N5O5S3. The van der Waals surface area contributed by atoms with Crippen LogP contribution in [0.3, 0.4) is 0 Å². The molecule has 0 atom stereocenters. The van der Waals surface area contributed by atoms with Crippen LogP contribution >= 0.6 is 34.4 Å². The Morgan fingerprint density at radius 1 is 0.919 bits per heavy atom. The van der Waals surface area contributed by atoms with Gasteiger partial charge in [-0.15, -0.1) is 22.7 Å². The van der Waals surface area contributed by atoms with E-state index >= 15 is 0 Å². The van der Waals surface area contributed by atoms with E-state index in [1.807, 2.05) is 11.6 Å². The maximum atomic E-state index is 12.4. The molecule has 0 aromatic carbocycles. The first-order valence-corrected chi connectivity index (χ1v) is 15.0. The van der Waals surface area contributed by atoms with E-state index in [0.29, 0.717) is 27.9 Å². The summed E-state index contributed by atoms with van der Waals surface area (Å²) in [6.07, 6.45) is 1.82. The zero-order chi connectivity index (χ0) is 27.6. The van der Waals surface area contributed by atoms with Crippen LogP contribution in [0.15, 0.2) is 10.8 Å². The van der Waals surface area contributed by atoms with Crippen molar-refractivity contribution in [2.24, 2.45) is 0 Å². The third kappa shape index (κ3) is 11.7. The fourth-order valence-electron chi connectivity index (χ4n) is 2.87. The van der Waals surface area contributed by atoms with Gasteiger partial charge in [-0.3, -0.25) is 4.79 Å². The zero-order valence-electron chi connectivity index (χ0n) is 22.4. The first-order chi connectivity index (χ1) is 17.3. The van der Waals surface area contributed by atoms with Gasteiger partial charge in [0.1, 0.15) is 27.6 Å². The van der Waals surface area contributed by atoms with Crippen LogP contribution in [-0.4, -0.2) is 70.9 Å².